The van der Waals surface area contributed by atoms with Crippen LogP contribution in [0.4, 0.5) is 0 Å². The van der Waals surface area contributed by atoms with E-state index in [0.29, 0.717) is 40.7 Å². The molecule has 3 N–H and O–H groups in total. The summed E-state index contributed by atoms with van der Waals surface area (Å²) >= 11 is 12.0. The van der Waals surface area contributed by atoms with Gasteiger partial charge < -0.3 is 20.4 Å². The lowest BCUT2D eigenvalue weighted by Gasteiger charge is -2.38. The number of piperidine rings is 1. The Bertz CT molecular complexity index is 856. The first-order chi connectivity index (χ1) is 15.3. The van der Waals surface area contributed by atoms with Crippen LogP contribution in [0.3, 0.4) is 0 Å². The number of nitrogens with zero attached hydrogens (tertiary/aromatic N) is 1. The van der Waals surface area contributed by atoms with Crippen LogP contribution in [-0.4, -0.2) is 58.1 Å². The summed E-state index contributed by atoms with van der Waals surface area (Å²) in [5, 5.41) is 20.2. The number of carboxylic acid groups (broad SMARTS) is 2. The van der Waals surface area contributed by atoms with Crippen LogP contribution in [0.15, 0.2) is 42.5 Å². The number of nitrogens with one attached hydrogen (secondary N) is 1. The van der Waals surface area contributed by atoms with Gasteiger partial charge >= 0.3 is 11.9 Å². The number of hydrogen-bond acceptors (Lipinski definition) is 4. The molecule has 1 amide bonds. The summed E-state index contributed by atoms with van der Waals surface area (Å²) in [6.45, 7) is 1.81. The molecule has 1 aromatic carbocycles. The summed E-state index contributed by atoms with van der Waals surface area (Å²) in [6.07, 6.45) is 11.4. The summed E-state index contributed by atoms with van der Waals surface area (Å²) < 4.78 is 0. The van der Waals surface area contributed by atoms with E-state index < -0.39 is 11.9 Å². The van der Waals surface area contributed by atoms with Crippen molar-refractivity contribution in [3.8, 4) is 0 Å². The highest BCUT2D eigenvalue weighted by Crippen LogP contribution is 2.26. The molecule has 0 radical (unpaired) electrons. The molecule has 174 valence electrons. The maximum absolute atomic E-state index is 12.8. The smallest absolute Gasteiger partial charge is 0.328 e. The molecular weight excluding hydrogens is 455 g/mol. The number of carbonyl (C=O) groups is 3. The fraction of sp³-hybridized carbons (Fsp3) is 0.435. The van der Waals surface area contributed by atoms with Crippen LogP contribution in [0.5, 0.6) is 0 Å². The van der Waals surface area contributed by atoms with Crippen molar-refractivity contribution >= 4 is 41.0 Å². The number of aliphatic carboxylic acids is 2. The summed E-state index contributed by atoms with van der Waals surface area (Å²) in [7, 11) is 0. The molecule has 3 rings (SSSR count). The fourth-order valence-corrected chi connectivity index (χ4v) is 4.13. The minimum absolute atomic E-state index is 0.199. The first-order valence-electron chi connectivity index (χ1n) is 10.5. The van der Waals surface area contributed by atoms with Crippen molar-refractivity contribution < 1.29 is 24.6 Å². The highest BCUT2D eigenvalue weighted by atomic mass is 35.5. The van der Waals surface area contributed by atoms with Crippen molar-refractivity contribution in [3.63, 3.8) is 0 Å². The van der Waals surface area contributed by atoms with E-state index in [0.717, 1.165) is 44.3 Å². The van der Waals surface area contributed by atoms with Crippen molar-refractivity contribution in [2.24, 2.45) is 0 Å². The van der Waals surface area contributed by atoms with Crippen LogP contribution >= 0.6 is 23.2 Å². The third-order valence-electron chi connectivity index (χ3n) is 5.32. The van der Waals surface area contributed by atoms with Gasteiger partial charge in [0.2, 0.25) is 5.91 Å². The monoisotopic (exact) mass is 482 g/mol. The Kier molecular flexibility index (Phi) is 10.7. The molecule has 9 heteroatoms. The number of benzene rings is 1. The van der Waals surface area contributed by atoms with Crippen molar-refractivity contribution in [2.45, 2.75) is 50.6 Å². The Morgan fingerprint density at radius 3 is 2.38 bits per heavy atom. The van der Waals surface area contributed by atoms with E-state index in [-0.39, 0.29) is 5.91 Å². The number of amides is 1. The van der Waals surface area contributed by atoms with Gasteiger partial charge in [-0.25, -0.2) is 9.59 Å². The number of carboxylic acids is 2. The van der Waals surface area contributed by atoms with E-state index in [4.69, 9.17) is 33.4 Å². The lowest BCUT2D eigenvalue weighted by molar-refractivity contribution is -0.134. The average molecular weight is 483 g/mol. The summed E-state index contributed by atoms with van der Waals surface area (Å²) in [5.74, 6) is -2.32. The van der Waals surface area contributed by atoms with Gasteiger partial charge in [0.1, 0.15) is 0 Å². The van der Waals surface area contributed by atoms with Crippen LogP contribution < -0.4 is 5.32 Å². The van der Waals surface area contributed by atoms with Crippen molar-refractivity contribution in [1.29, 1.82) is 0 Å². The molecule has 2 heterocycles. The van der Waals surface area contributed by atoms with Gasteiger partial charge in [-0.05, 0) is 49.8 Å². The molecule has 2 unspecified atom stereocenters. The minimum atomic E-state index is -1.26. The number of halogens is 2. The lowest BCUT2D eigenvalue weighted by Crippen LogP contribution is -2.48. The second kappa shape index (κ2) is 13.3. The third kappa shape index (κ3) is 9.02. The van der Waals surface area contributed by atoms with E-state index in [9.17, 15) is 14.4 Å². The molecule has 0 aliphatic carbocycles. The molecule has 2 aliphatic heterocycles. The molecule has 7 nitrogen and oxygen atoms in total. The zero-order chi connectivity index (χ0) is 23.5. The van der Waals surface area contributed by atoms with Crippen LogP contribution in [-0.2, 0) is 20.8 Å². The summed E-state index contributed by atoms with van der Waals surface area (Å²) in [6, 6.07) is 6.28. The average Bonchev–Trinajstić information content (AvgIpc) is 2.76. The van der Waals surface area contributed by atoms with Crippen molar-refractivity contribution in [3.05, 3.63) is 58.1 Å². The van der Waals surface area contributed by atoms with E-state index in [1.807, 2.05) is 6.07 Å². The fourth-order valence-electron chi connectivity index (χ4n) is 3.81. The normalized spacial score (nSPS) is 20.5. The van der Waals surface area contributed by atoms with E-state index in [2.05, 4.69) is 22.4 Å². The number of rotatable bonds is 6. The van der Waals surface area contributed by atoms with E-state index >= 15 is 0 Å². The molecule has 32 heavy (non-hydrogen) atoms. The molecule has 2 atom stereocenters. The first kappa shape index (κ1) is 25.9. The predicted molar refractivity (Wildman–Crippen MR) is 124 cm³/mol. The van der Waals surface area contributed by atoms with Crippen LogP contribution in [0.25, 0.3) is 0 Å². The zero-order valence-corrected chi connectivity index (χ0v) is 19.2. The molecule has 1 aromatic rings. The molecule has 1 fully saturated rings. The quantitative estimate of drug-likeness (QED) is 0.418. The molecule has 0 aromatic heterocycles. The van der Waals surface area contributed by atoms with E-state index in [1.54, 1.807) is 12.1 Å². The molecule has 0 bridgehead atoms. The predicted octanol–water partition coefficient (Wildman–Crippen LogP) is 3.94. The van der Waals surface area contributed by atoms with Crippen molar-refractivity contribution in [2.75, 3.05) is 13.1 Å². The lowest BCUT2D eigenvalue weighted by atomic mass is 9.93. The van der Waals surface area contributed by atoms with Gasteiger partial charge in [0, 0.05) is 37.3 Å². The standard InChI is InChI=1S/C19H24Cl2N2O.C4H4O4/c20-17-8-7-14(11-18(17)21)12-19(24)23-10-4-2-6-16(23)13-15-5-1-3-9-22-15;5-3(6)1-2-4(7)8/h1,3,7-8,11,15-16,22H,2,4-6,9-10,12-13H2;1-2H,(H,5,6)(H,7,8). The Labute approximate surface area is 197 Å². The highest BCUT2D eigenvalue weighted by molar-refractivity contribution is 6.42. The van der Waals surface area contributed by atoms with Gasteiger partial charge in [0.05, 0.1) is 16.5 Å². The van der Waals surface area contributed by atoms with Gasteiger partial charge in [-0.3, -0.25) is 4.79 Å². The number of likely N-dealkylation sites (tertiary alicyclic amines) is 1. The maximum atomic E-state index is 12.8. The molecule has 0 saturated carbocycles. The van der Waals surface area contributed by atoms with Gasteiger partial charge in [0.15, 0.2) is 0 Å². The van der Waals surface area contributed by atoms with Crippen LogP contribution in [0.2, 0.25) is 10.0 Å². The molecule has 0 spiro atoms. The Morgan fingerprint density at radius 1 is 1.06 bits per heavy atom. The van der Waals surface area contributed by atoms with Crippen molar-refractivity contribution in [1.82, 2.24) is 10.2 Å². The van der Waals surface area contributed by atoms with Gasteiger partial charge in [-0.1, -0.05) is 41.4 Å². The second-order valence-electron chi connectivity index (χ2n) is 7.72. The minimum Gasteiger partial charge on any atom is -0.478 e. The Hall–Kier alpha value is -2.35. The SMILES string of the molecule is O=C(Cc1ccc(Cl)c(Cl)c1)N1CCCCC1CC1CC=CCN1.O=C(O)C=CC(=O)O. The van der Waals surface area contributed by atoms with Crippen LogP contribution in [0.1, 0.15) is 37.7 Å². The molecule has 1 saturated heterocycles. The maximum Gasteiger partial charge on any atom is 0.328 e. The third-order valence-corrected chi connectivity index (χ3v) is 6.06. The largest absolute Gasteiger partial charge is 0.478 e. The Morgan fingerprint density at radius 2 is 1.78 bits per heavy atom. The highest BCUT2D eigenvalue weighted by Gasteiger charge is 2.28. The summed E-state index contributed by atoms with van der Waals surface area (Å²) in [4.78, 5) is 34.0. The molecule has 2 aliphatic rings. The van der Waals surface area contributed by atoms with Gasteiger partial charge in [-0.2, -0.15) is 0 Å². The second-order valence-corrected chi connectivity index (χ2v) is 8.53. The van der Waals surface area contributed by atoms with Gasteiger partial charge in [0.25, 0.3) is 0 Å². The van der Waals surface area contributed by atoms with Gasteiger partial charge in [-0.15, -0.1) is 0 Å². The van der Waals surface area contributed by atoms with E-state index in [1.165, 1.54) is 6.42 Å². The molecular formula is C23H28Cl2N2O5. The number of hydrogen-bond donors (Lipinski definition) is 3. The van der Waals surface area contributed by atoms with Crippen LogP contribution in [0, 0.1) is 0 Å². The number of carbonyl (C=O) groups excluding carboxylic acids is 1. The summed E-state index contributed by atoms with van der Waals surface area (Å²) in [5.41, 5.74) is 0.928. The topological polar surface area (TPSA) is 107 Å². The first-order valence-corrected chi connectivity index (χ1v) is 11.3. The zero-order valence-electron chi connectivity index (χ0n) is 17.7. The Balaban J connectivity index is 0.000000390.